The number of carbonyl (C=O) groups is 1. The molecule has 158 valence electrons. The van der Waals surface area contributed by atoms with Crippen LogP contribution in [0, 0.1) is 0 Å². The molecular formula is C24H23N3O4. The number of nitrogens with zero attached hydrogens (tertiary/aromatic N) is 2. The van der Waals surface area contributed by atoms with Crippen molar-refractivity contribution >= 4 is 23.2 Å². The Kier molecular flexibility index (Phi) is 4.66. The summed E-state index contributed by atoms with van der Waals surface area (Å²) >= 11 is 0. The summed E-state index contributed by atoms with van der Waals surface area (Å²) in [7, 11) is 3.56. The molecule has 1 fully saturated rings. The Morgan fingerprint density at radius 2 is 1.87 bits per heavy atom. The highest BCUT2D eigenvalue weighted by atomic mass is 16.7. The molecule has 31 heavy (non-hydrogen) atoms. The number of hydrogen-bond acceptors (Lipinski definition) is 6. The molecule has 7 heteroatoms. The molecule has 0 radical (unpaired) electrons. The Morgan fingerprint density at radius 3 is 2.68 bits per heavy atom. The van der Waals surface area contributed by atoms with Crippen LogP contribution in [-0.4, -0.2) is 31.8 Å². The fraction of sp³-hybridized carbons (Fsp3) is 0.250. The Balaban J connectivity index is 1.37. The standard InChI is InChI=1S/C24H23N3O4/c1-27(17-6-3-4-7-18(17)29-2)22-9-5-8-21(25-22)26-23(28)24(12-13-24)16-10-11-19-20(14-16)31-15-30-19/h3-11,14H,12-13,15H2,1-2H3,(H,25,26,28). The van der Waals surface area contributed by atoms with Gasteiger partial charge < -0.3 is 24.4 Å². The van der Waals surface area contributed by atoms with Crippen LogP contribution >= 0.6 is 0 Å². The van der Waals surface area contributed by atoms with Crippen molar-refractivity contribution in [3.05, 3.63) is 66.2 Å². The molecule has 2 aliphatic rings. The fourth-order valence-electron chi connectivity index (χ4n) is 3.91. The molecule has 1 N–H and O–H groups in total. The summed E-state index contributed by atoms with van der Waals surface area (Å²) in [6, 6.07) is 19.0. The Hall–Kier alpha value is -3.74. The van der Waals surface area contributed by atoms with Crippen LogP contribution in [0.15, 0.2) is 60.7 Å². The van der Waals surface area contributed by atoms with E-state index >= 15 is 0 Å². The number of ether oxygens (including phenoxy) is 3. The van der Waals surface area contributed by atoms with Crippen LogP contribution in [0.4, 0.5) is 17.3 Å². The van der Waals surface area contributed by atoms with Crippen molar-refractivity contribution in [2.75, 3.05) is 31.2 Å². The quantitative estimate of drug-likeness (QED) is 0.646. The summed E-state index contributed by atoms with van der Waals surface area (Å²) < 4.78 is 16.3. The van der Waals surface area contributed by atoms with Gasteiger partial charge in [-0.1, -0.05) is 24.3 Å². The second-order valence-corrected chi connectivity index (χ2v) is 7.72. The maximum Gasteiger partial charge on any atom is 0.236 e. The molecule has 3 aromatic rings. The molecule has 0 bridgehead atoms. The van der Waals surface area contributed by atoms with Crippen LogP contribution in [0.2, 0.25) is 0 Å². The molecule has 1 aliphatic heterocycles. The lowest BCUT2D eigenvalue weighted by Gasteiger charge is -2.22. The number of rotatable bonds is 6. The summed E-state index contributed by atoms with van der Waals surface area (Å²) in [5, 5.41) is 3.01. The van der Waals surface area contributed by atoms with Crippen molar-refractivity contribution in [1.82, 2.24) is 4.98 Å². The number of aromatic nitrogens is 1. The minimum atomic E-state index is -0.548. The van der Waals surface area contributed by atoms with Crippen LogP contribution in [-0.2, 0) is 10.2 Å². The van der Waals surface area contributed by atoms with Gasteiger partial charge in [-0.05, 0) is 54.8 Å². The van der Waals surface area contributed by atoms with E-state index in [0.717, 1.165) is 29.8 Å². The molecule has 1 amide bonds. The number of benzene rings is 2. The fourth-order valence-corrected chi connectivity index (χ4v) is 3.91. The van der Waals surface area contributed by atoms with E-state index < -0.39 is 5.41 Å². The smallest absolute Gasteiger partial charge is 0.236 e. The van der Waals surface area contributed by atoms with E-state index in [-0.39, 0.29) is 12.7 Å². The summed E-state index contributed by atoms with van der Waals surface area (Å²) in [6.45, 7) is 0.217. The number of pyridine rings is 1. The van der Waals surface area contributed by atoms with Gasteiger partial charge in [0.1, 0.15) is 17.4 Å². The SMILES string of the molecule is COc1ccccc1N(C)c1cccc(NC(=O)C2(c3ccc4c(c3)OCO4)CC2)n1. The van der Waals surface area contributed by atoms with Crippen LogP contribution in [0.1, 0.15) is 18.4 Å². The van der Waals surface area contributed by atoms with Gasteiger partial charge in [0.05, 0.1) is 18.2 Å². The molecule has 0 atom stereocenters. The Morgan fingerprint density at radius 1 is 1.06 bits per heavy atom. The van der Waals surface area contributed by atoms with Gasteiger partial charge in [0.2, 0.25) is 12.7 Å². The number of methoxy groups -OCH3 is 1. The molecule has 2 aromatic carbocycles. The van der Waals surface area contributed by atoms with E-state index in [2.05, 4.69) is 10.3 Å². The molecule has 2 heterocycles. The topological polar surface area (TPSA) is 72.9 Å². The number of fused-ring (bicyclic) bond motifs is 1. The third kappa shape index (κ3) is 3.42. The van der Waals surface area contributed by atoms with Crippen molar-refractivity contribution < 1.29 is 19.0 Å². The lowest BCUT2D eigenvalue weighted by molar-refractivity contribution is -0.118. The van der Waals surface area contributed by atoms with E-state index in [0.29, 0.717) is 23.1 Å². The Labute approximate surface area is 180 Å². The number of nitrogens with one attached hydrogen (secondary N) is 1. The largest absolute Gasteiger partial charge is 0.495 e. The van der Waals surface area contributed by atoms with Gasteiger partial charge in [0.15, 0.2) is 11.5 Å². The summed E-state index contributed by atoms with van der Waals surface area (Å²) in [6.07, 6.45) is 1.58. The first-order chi connectivity index (χ1) is 15.1. The molecule has 1 saturated carbocycles. The monoisotopic (exact) mass is 417 g/mol. The molecule has 5 rings (SSSR count). The average molecular weight is 417 g/mol. The van der Waals surface area contributed by atoms with Gasteiger partial charge in [-0.25, -0.2) is 4.98 Å². The minimum absolute atomic E-state index is 0.0593. The number of amides is 1. The van der Waals surface area contributed by atoms with Gasteiger partial charge in [-0.3, -0.25) is 4.79 Å². The lowest BCUT2D eigenvalue weighted by atomic mass is 9.94. The van der Waals surface area contributed by atoms with Crippen LogP contribution in [0.25, 0.3) is 0 Å². The number of hydrogen-bond donors (Lipinski definition) is 1. The maximum atomic E-state index is 13.2. The molecule has 0 unspecified atom stereocenters. The van der Waals surface area contributed by atoms with Gasteiger partial charge in [0, 0.05) is 7.05 Å². The normalized spacial score (nSPS) is 15.3. The van der Waals surface area contributed by atoms with Crippen molar-refractivity contribution in [2.45, 2.75) is 18.3 Å². The zero-order valence-corrected chi connectivity index (χ0v) is 17.4. The van der Waals surface area contributed by atoms with Gasteiger partial charge >= 0.3 is 0 Å². The molecule has 1 aromatic heterocycles. The van der Waals surface area contributed by atoms with E-state index in [1.54, 1.807) is 13.2 Å². The van der Waals surface area contributed by atoms with Crippen molar-refractivity contribution in [3.8, 4) is 17.2 Å². The average Bonchev–Trinajstić information content (AvgIpc) is 3.49. The third-order valence-corrected chi connectivity index (χ3v) is 5.88. The van der Waals surface area contributed by atoms with Gasteiger partial charge in [-0.2, -0.15) is 0 Å². The summed E-state index contributed by atoms with van der Waals surface area (Å²) in [4.78, 5) is 19.8. The molecule has 0 spiro atoms. The highest BCUT2D eigenvalue weighted by molar-refractivity contribution is 6.01. The molecule has 7 nitrogen and oxygen atoms in total. The first-order valence-electron chi connectivity index (χ1n) is 10.2. The third-order valence-electron chi connectivity index (χ3n) is 5.88. The van der Waals surface area contributed by atoms with Crippen molar-refractivity contribution in [1.29, 1.82) is 0 Å². The predicted molar refractivity (Wildman–Crippen MR) is 117 cm³/mol. The lowest BCUT2D eigenvalue weighted by Crippen LogP contribution is -2.28. The van der Waals surface area contributed by atoms with Crippen molar-refractivity contribution in [2.24, 2.45) is 0 Å². The van der Waals surface area contributed by atoms with E-state index in [9.17, 15) is 4.79 Å². The second kappa shape index (κ2) is 7.50. The highest BCUT2D eigenvalue weighted by Gasteiger charge is 2.51. The van der Waals surface area contributed by atoms with Crippen molar-refractivity contribution in [3.63, 3.8) is 0 Å². The van der Waals surface area contributed by atoms with E-state index in [1.165, 1.54) is 0 Å². The van der Waals surface area contributed by atoms with Crippen LogP contribution in [0.3, 0.4) is 0 Å². The number of anilines is 3. The Bertz CT molecular complexity index is 1140. The number of carbonyl (C=O) groups excluding carboxylic acids is 1. The van der Waals surface area contributed by atoms with Crippen LogP contribution in [0.5, 0.6) is 17.2 Å². The maximum absolute atomic E-state index is 13.2. The summed E-state index contributed by atoms with van der Waals surface area (Å²) in [5.74, 6) is 3.31. The predicted octanol–water partition coefficient (Wildman–Crippen LogP) is 4.26. The van der Waals surface area contributed by atoms with Crippen LogP contribution < -0.4 is 24.4 Å². The zero-order valence-electron chi connectivity index (χ0n) is 17.4. The minimum Gasteiger partial charge on any atom is -0.495 e. The second-order valence-electron chi connectivity index (χ2n) is 7.72. The van der Waals surface area contributed by atoms with Gasteiger partial charge in [0.25, 0.3) is 0 Å². The molecule has 1 aliphatic carbocycles. The summed E-state index contributed by atoms with van der Waals surface area (Å²) in [5.41, 5.74) is 1.28. The zero-order chi connectivity index (χ0) is 21.4. The first-order valence-corrected chi connectivity index (χ1v) is 10.2. The first kappa shape index (κ1) is 19.2. The van der Waals surface area contributed by atoms with E-state index in [1.807, 2.05) is 66.5 Å². The van der Waals surface area contributed by atoms with E-state index in [4.69, 9.17) is 14.2 Å². The molecule has 0 saturated heterocycles. The number of para-hydroxylation sites is 2. The molecular weight excluding hydrogens is 394 g/mol. The van der Waals surface area contributed by atoms with Gasteiger partial charge in [-0.15, -0.1) is 0 Å². The highest BCUT2D eigenvalue weighted by Crippen LogP contribution is 2.51.